The molecule has 0 saturated heterocycles. The molecule has 9 heavy (non-hydrogen) atoms. The molecule has 0 N–H and O–H groups in total. The third-order valence-corrected chi connectivity index (χ3v) is 0.856. The SMILES string of the molecule is FCCC(F)CC(F)F. The zero-order chi connectivity index (χ0) is 7.28. The normalized spacial score (nSPS) is 14.3. The van der Waals surface area contributed by atoms with E-state index in [9.17, 15) is 17.6 Å². The van der Waals surface area contributed by atoms with E-state index in [1.807, 2.05) is 0 Å². The molecule has 0 bridgehead atoms. The lowest BCUT2D eigenvalue weighted by Crippen LogP contribution is -2.06. The first-order valence-corrected chi connectivity index (χ1v) is 2.65. The number of hydrogen-bond donors (Lipinski definition) is 0. The first-order valence-electron chi connectivity index (χ1n) is 2.65. The van der Waals surface area contributed by atoms with Crippen molar-refractivity contribution in [2.45, 2.75) is 25.4 Å². The van der Waals surface area contributed by atoms with Gasteiger partial charge in [-0.1, -0.05) is 0 Å². The molecule has 0 fully saturated rings. The summed E-state index contributed by atoms with van der Waals surface area (Å²) < 4.78 is 45.6. The van der Waals surface area contributed by atoms with E-state index < -0.39 is 32.1 Å². The maximum atomic E-state index is 11.9. The van der Waals surface area contributed by atoms with Gasteiger partial charge in [-0.25, -0.2) is 13.2 Å². The van der Waals surface area contributed by atoms with Gasteiger partial charge in [0.15, 0.2) is 0 Å². The summed E-state index contributed by atoms with van der Waals surface area (Å²) in [5.74, 6) is 0. The number of hydrogen-bond acceptors (Lipinski definition) is 0. The van der Waals surface area contributed by atoms with Crippen molar-refractivity contribution < 1.29 is 17.6 Å². The van der Waals surface area contributed by atoms with E-state index in [1.165, 1.54) is 0 Å². The van der Waals surface area contributed by atoms with E-state index >= 15 is 0 Å². The predicted octanol–water partition coefficient (Wildman–Crippen LogP) is 2.34. The van der Waals surface area contributed by atoms with Gasteiger partial charge in [-0.3, -0.25) is 4.39 Å². The average Bonchev–Trinajstić information content (AvgIpc) is 1.63. The minimum atomic E-state index is -2.66. The fourth-order valence-electron chi connectivity index (χ4n) is 0.430. The standard InChI is InChI=1S/C5H8F4/c6-2-1-4(7)3-5(8)9/h4-5H,1-3H2. The molecule has 1 unspecified atom stereocenters. The summed E-state index contributed by atoms with van der Waals surface area (Å²) in [5, 5.41) is 0. The molecule has 0 aromatic heterocycles. The molecule has 0 aliphatic carbocycles. The van der Waals surface area contributed by atoms with Crippen molar-refractivity contribution in [3.8, 4) is 0 Å². The first kappa shape index (κ1) is 8.72. The zero-order valence-electron chi connectivity index (χ0n) is 4.79. The van der Waals surface area contributed by atoms with E-state index in [1.54, 1.807) is 0 Å². The molecule has 0 nitrogen and oxygen atoms in total. The van der Waals surface area contributed by atoms with Crippen LogP contribution in [0.3, 0.4) is 0 Å². The molecule has 0 aromatic rings. The van der Waals surface area contributed by atoms with Gasteiger partial charge in [-0.2, -0.15) is 0 Å². The van der Waals surface area contributed by atoms with Crippen LogP contribution in [0.5, 0.6) is 0 Å². The second-order valence-electron chi connectivity index (χ2n) is 1.70. The number of rotatable bonds is 4. The van der Waals surface area contributed by atoms with E-state index in [0.29, 0.717) is 0 Å². The maximum absolute atomic E-state index is 11.9. The third-order valence-electron chi connectivity index (χ3n) is 0.856. The zero-order valence-corrected chi connectivity index (χ0v) is 4.79. The highest BCUT2D eigenvalue weighted by Crippen LogP contribution is 2.10. The highest BCUT2D eigenvalue weighted by atomic mass is 19.3. The van der Waals surface area contributed by atoms with Gasteiger partial charge >= 0.3 is 0 Å². The monoisotopic (exact) mass is 144 g/mol. The molecular formula is C5H8F4. The van der Waals surface area contributed by atoms with Gasteiger partial charge in [0.05, 0.1) is 6.67 Å². The highest BCUT2D eigenvalue weighted by molar-refractivity contribution is 4.55. The topological polar surface area (TPSA) is 0 Å². The lowest BCUT2D eigenvalue weighted by Gasteiger charge is -2.02. The Hall–Kier alpha value is -0.280. The van der Waals surface area contributed by atoms with Crippen LogP contribution in [0.25, 0.3) is 0 Å². The van der Waals surface area contributed by atoms with Crippen LogP contribution >= 0.6 is 0 Å². The third kappa shape index (κ3) is 5.59. The lowest BCUT2D eigenvalue weighted by atomic mass is 10.2. The summed E-state index contributed by atoms with van der Waals surface area (Å²) in [6, 6.07) is 0. The summed E-state index contributed by atoms with van der Waals surface area (Å²) in [6.45, 7) is -0.867. The molecule has 0 heterocycles. The largest absolute Gasteiger partial charge is 0.251 e. The van der Waals surface area contributed by atoms with Gasteiger partial charge < -0.3 is 0 Å². The van der Waals surface area contributed by atoms with Gasteiger partial charge in [-0.05, 0) is 0 Å². The molecule has 0 aromatic carbocycles. The summed E-state index contributed by atoms with van der Waals surface area (Å²) in [6.07, 6.45) is -5.60. The van der Waals surface area contributed by atoms with Crippen LogP contribution in [0.15, 0.2) is 0 Å². The molecule has 0 radical (unpaired) electrons. The van der Waals surface area contributed by atoms with Gasteiger partial charge in [0.2, 0.25) is 6.43 Å². The van der Waals surface area contributed by atoms with E-state index in [-0.39, 0.29) is 0 Å². The van der Waals surface area contributed by atoms with Crippen molar-refractivity contribution in [2.75, 3.05) is 6.67 Å². The van der Waals surface area contributed by atoms with Crippen molar-refractivity contribution in [3.05, 3.63) is 0 Å². The summed E-state index contributed by atoms with van der Waals surface area (Å²) >= 11 is 0. The summed E-state index contributed by atoms with van der Waals surface area (Å²) in [5.41, 5.74) is 0. The van der Waals surface area contributed by atoms with Gasteiger partial charge in [0.25, 0.3) is 0 Å². The van der Waals surface area contributed by atoms with Crippen LogP contribution in [0, 0.1) is 0 Å². The molecule has 4 heteroatoms. The smallest absolute Gasteiger partial charge is 0.241 e. The average molecular weight is 144 g/mol. The summed E-state index contributed by atoms with van der Waals surface area (Å²) in [4.78, 5) is 0. The van der Waals surface area contributed by atoms with Crippen LogP contribution < -0.4 is 0 Å². The van der Waals surface area contributed by atoms with Crippen LogP contribution in [0.1, 0.15) is 12.8 Å². The van der Waals surface area contributed by atoms with Crippen LogP contribution in [-0.2, 0) is 0 Å². The predicted molar refractivity (Wildman–Crippen MR) is 26.1 cm³/mol. The first-order chi connectivity index (χ1) is 4.16. The van der Waals surface area contributed by atoms with E-state index in [0.717, 1.165) is 0 Å². The van der Waals surface area contributed by atoms with Gasteiger partial charge in [-0.15, -0.1) is 0 Å². The minimum absolute atomic E-state index is 0.412. The fourth-order valence-corrected chi connectivity index (χ4v) is 0.430. The van der Waals surface area contributed by atoms with Crippen LogP contribution in [0.4, 0.5) is 17.6 Å². The van der Waals surface area contributed by atoms with Crippen molar-refractivity contribution in [3.63, 3.8) is 0 Å². The Morgan fingerprint density at radius 2 is 1.67 bits per heavy atom. The Balaban J connectivity index is 3.15. The molecule has 1 atom stereocenters. The quantitative estimate of drug-likeness (QED) is 0.531. The molecular weight excluding hydrogens is 136 g/mol. The Labute approximate surface area is 50.9 Å². The Morgan fingerprint density at radius 3 is 2.00 bits per heavy atom. The maximum Gasteiger partial charge on any atom is 0.241 e. The number of halogens is 4. The Kier molecular flexibility index (Phi) is 4.44. The van der Waals surface area contributed by atoms with Crippen molar-refractivity contribution in [2.24, 2.45) is 0 Å². The fraction of sp³-hybridized carbons (Fsp3) is 1.00. The van der Waals surface area contributed by atoms with Crippen molar-refractivity contribution in [1.29, 1.82) is 0 Å². The van der Waals surface area contributed by atoms with Crippen molar-refractivity contribution in [1.82, 2.24) is 0 Å². The second-order valence-corrected chi connectivity index (χ2v) is 1.70. The molecule has 56 valence electrons. The Morgan fingerprint density at radius 1 is 1.11 bits per heavy atom. The van der Waals surface area contributed by atoms with Crippen LogP contribution in [-0.4, -0.2) is 19.3 Å². The highest BCUT2D eigenvalue weighted by Gasteiger charge is 2.12. The lowest BCUT2D eigenvalue weighted by molar-refractivity contribution is 0.0950. The molecule has 0 saturated carbocycles. The Bertz CT molecular complexity index is 64.0. The van der Waals surface area contributed by atoms with E-state index in [2.05, 4.69) is 0 Å². The molecule has 0 aliphatic heterocycles. The molecule has 0 spiro atoms. The molecule has 0 aliphatic rings. The minimum Gasteiger partial charge on any atom is -0.251 e. The molecule has 0 amide bonds. The summed E-state index contributed by atoms with van der Waals surface area (Å²) in [7, 11) is 0. The van der Waals surface area contributed by atoms with Gasteiger partial charge in [0, 0.05) is 12.8 Å². The van der Waals surface area contributed by atoms with E-state index in [4.69, 9.17) is 0 Å². The second kappa shape index (κ2) is 4.58. The molecule has 0 rings (SSSR count). The van der Waals surface area contributed by atoms with Crippen molar-refractivity contribution >= 4 is 0 Å². The van der Waals surface area contributed by atoms with Crippen LogP contribution in [0.2, 0.25) is 0 Å². The van der Waals surface area contributed by atoms with Gasteiger partial charge in [0.1, 0.15) is 6.17 Å². The number of alkyl halides is 4.